The SMILES string of the molecule is C=C/C(=C\C)S(=O)(=O)c1ccc(C)cc1.C=CC(=C)/C=C\C(=C/C)S(=O)(=O)c1ccc(Oc2ccc(C(C)(C)c3ccc(OC)cc3)cc2)cc1.CC.CC. The van der Waals surface area contributed by atoms with Crippen molar-refractivity contribution in [1.82, 2.24) is 0 Å². The Labute approximate surface area is 331 Å². The van der Waals surface area contributed by atoms with Gasteiger partial charge in [0.15, 0.2) is 0 Å². The molecule has 294 valence electrons. The van der Waals surface area contributed by atoms with Crippen molar-refractivity contribution >= 4 is 19.7 Å². The van der Waals surface area contributed by atoms with Gasteiger partial charge < -0.3 is 9.47 Å². The standard InChI is InChI=1S/C31H32O4S.C12H14O2S.2C2H6/c1-7-23(3)9-20-29(8-2)36(32,33)30-21-18-28(19-22-30)35-27-16-12-25(13-17-27)31(4,5)24-10-14-26(34-6)15-11-24;1-4-11(5-2)15(13,14)12-8-6-10(3)7-9-12;2*1-2/h7-22H,1,3H2,2,4-6H3;4-9H,1H2,2-3H3;2*1-2H3/b20-9-,29-8+;11-5+;;. The van der Waals surface area contributed by atoms with E-state index in [4.69, 9.17) is 9.47 Å². The van der Waals surface area contributed by atoms with Crippen molar-refractivity contribution in [2.75, 3.05) is 7.11 Å². The van der Waals surface area contributed by atoms with Crippen LogP contribution in [-0.4, -0.2) is 23.9 Å². The van der Waals surface area contributed by atoms with Crippen LogP contribution in [0, 0.1) is 6.92 Å². The first-order valence-corrected chi connectivity index (χ1v) is 21.1. The van der Waals surface area contributed by atoms with Crippen molar-refractivity contribution in [3.05, 3.63) is 185 Å². The van der Waals surface area contributed by atoms with Crippen molar-refractivity contribution < 1.29 is 26.3 Å². The lowest BCUT2D eigenvalue weighted by Crippen LogP contribution is -2.18. The molecule has 0 bridgehead atoms. The zero-order valence-electron chi connectivity index (χ0n) is 34.1. The quantitative estimate of drug-likeness (QED) is 0.126. The number of sulfone groups is 2. The maximum Gasteiger partial charge on any atom is 0.206 e. The van der Waals surface area contributed by atoms with Gasteiger partial charge in [0.05, 0.1) is 26.7 Å². The molecule has 0 fully saturated rings. The van der Waals surface area contributed by atoms with E-state index in [1.54, 1.807) is 93.8 Å². The van der Waals surface area contributed by atoms with Gasteiger partial charge in [-0.15, -0.1) is 0 Å². The second kappa shape index (κ2) is 22.9. The molecule has 0 saturated carbocycles. The third-order valence-electron chi connectivity index (χ3n) is 8.20. The predicted octanol–water partition coefficient (Wildman–Crippen LogP) is 12.7. The molecule has 0 saturated heterocycles. The second-order valence-electron chi connectivity index (χ2n) is 12.0. The largest absolute Gasteiger partial charge is 0.497 e. The molecule has 0 aliphatic rings. The van der Waals surface area contributed by atoms with Crippen LogP contribution in [0.15, 0.2) is 178 Å². The van der Waals surface area contributed by atoms with E-state index in [1.807, 2.05) is 71.0 Å². The molecular weight excluding hydrogens is 725 g/mol. The van der Waals surface area contributed by atoms with Crippen LogP contribution >= 0.6 is 0 Å². The molecule has 0 unspecified atom stereocenters. The molecule has 0 aromatic heterocycles. The van der Waals surface area contributed by atoms with Gasteiger partial charge >= 0.3 is 0 Å². The lowest BCUT2D eigenvalue weighted by Gasteiger charge is -2.26. The van der Waals surface area contributed by atoms with Gasteiger partial charge in [0.25, 0.3) is 0 Å². The highest BCUT2D eigenvalue weighted by Gasteiger charge is 2.23. The summed E-state index contributed by atoms with van der Waals surface area (Å²) in [6, 6.07) is 29.2. The Morgan fingerprint density at radius 1 is 0.582 bits per heavy atom. The van der Waals surface area contributed by atoms with E-state index in [0.29, 0.717) is 22.0 Å². The molecule has 0 atom stereocenters. The first-order valence-electron chi connectivity index (χ1n) is 18.2. The zero-order chi connectivity index (χ0) is 41.8. The van der Waals surface area contributed by atoms with Crippen LogP contribution in [0.5, 0.6) is 17.2 Å². The zero-order valence-corrected chi connectivity index (χ0v) is 35.7. The summed E-state index contributed by atoms with van der Waals surface area (Å²) in [5.74, 6) is 2.04. The van der Waals surface area contributed by atoms with E-state index in [-0.39, 0.29) is 20.1 Å². The Hall–Kier alpha value is -5.18. The Kier molecular flexibility index (Phi) is 19.9. The van der Waals surface area contributed by atoms with E-state index in [0.717, 1.165) is 16.9 Å². The molecule has 55 heavy (non-hydrogen) atoms. The summed E-state index contributed by atoms with van der Waals surface area (Å²) < 4.78 is 61.2. The number of rotatable bonds is 13. The molecular formula is C47H58O6S2. The number of hydrogen-bond donors (Lipinski definition) is 0. The summed E-state index contributed by atoms with van der Waals surface area (Å²) in [7, 11) is -5.38. The smallest absolute Gasteiger partial charge is 0.206 e. The third kappa shape index (κ3) is 13.3. The summed E-state index contributed by atoms with van der Waals surface area (Å²) in [6.45, 7) is 28.5. The molecule has 6 nitrogen and oxygen atoms in total. The molecule has 8 heteroatoms. The summed E-state index contributed by atoms with van der Waals surface area (Å²) in [5, 5.41) is 0. The van der Waals surface area contributed by atoms with Gasteiger partial charge in [0.2, 0.25) is 19.7 Å². The fourth-order valence-corrected chi connectivity index (χ4v) is 7.53. The van der Waals surface area contributed by atoms with Crippen molar-refractivity contribution in [3.63, 3.8) is 0 Å². The van der Waals surface area contributed by atoms with Crippen molar-refractivity contribution in [1.29, 1.82) is 0 Å². The Balaban J connectivity index is 0.000000664. The van der Waals surface area contributed by atoms with Crippen LogP contribution < -0.4 is 9.47 Å². The molecule has 4 aromatic rings. The number of ether oxygens (including phenoxy) is 2. The lowest BCUT2D eigenvalue weighted by atomic mass is 9.78. The van der Waals surface area contributed by atoms with Crippen molar-refractivity contribution in [2.24, 2.45) is 0 Å². The van der Waals surface area contributed by atoms with E-state index in [2.05, 4.69) is 45.7 Å². The van der Waals surface area contributed by atoms with Crippen molar-refractivity contribution in [2.45, 2.75) is 77.5 Å². The van der Waals surface area contributed by atoms with Crippen LogP contribution in [-0.2, 0) is 25.1 Å². The normalized spacial score (nSPS) is 11.7. The summed E-state index contributed by atoms with van der Waals surface area (Å²) in [5.41, 5.74) is 3.80. The molecule has 0 heterocycles. The Morgan fingerprint density at radius 2 is 0.964 bits per heavy atom. The molecule has 0 N–H and O–H groups in total. The number of aryl methyl sites for hydroxylation is 1. The fraction of sp³-hybridized carbons (Fsp3) is 0.234. The number of hydrogen-bond acceptors (Lipinski definition) is 6. The highest BCUT2D eigenvalue weighted by Crippen LogP contribution is 2.34. The van der Waals surface area contributed by atoms with E-state index < -0.39 is 19.7 Å². The summed E-state index contributed by atoms with van der Waals surface area (Å²) in [6.07, 6.45) is 9.17. The highest BCUT2D eigenvalue weighted by atomic mass is 32.2. The van der Waals surface area contributed by atoms with Gasteiger partial charge in [-0.25, -0.2) is 16.8 Å². The lowest BCUT2D eigenvalue weighted by molar-refractivity contribution is 0.414. The first kappa shape index (κ1) is 47.8. The van der Waals surface area contributed by atoms with Gasteiger partial charge in [-0.3, -0.25) is 0 Å². The predicted molar refractivity (Wildman–Crippen MR) is 233 cm³/mol. The minimum Gasteiger partial charge on any atom is -0.497 e. The second-order valence-corrected chi connectivity index (χ2v) is 15.9. The molecule has 4 rings (SSSR count). The number of methoxy groups -OCH3 is 1. The van der Waals surface area contributed by atoms with E-state index in [1.165, 1.54) is 17.7 Å². The van der Waals surface area contributed by atoms with Crippen molar-refractivity contribution in [3.8, 4) is 17.2 Å². The van der Waals surface area contributed by atoms with Crippen LogP contribution in [0.3, 0.4) is 0 Å². The highest BCUT2D eigenvalue weighted by molar-refractivity contribution is 7.95. The molecule has 0 aliphatic heterocycles. The van der Waals surface area contributed by atoms with Gasteiger partial charge in [-0.05, 0) is 104 Å². The van der Waals surface area contributed by atoms with Gasteiger partial charge in [-0.2, -0.15) is 0 Å². The van der Waals surface area contributed by atoms with E-state index in [9.17, 15) is 16.8 Å². The molecule has 0 aliphatic carbocycles. The Morgan fingerprint density at radius 3 is 1.35 bits per heavy atom. The number of allylic oxidation sites excluding steroid dienone is 7. The minimum atomic E-state index is -3.66. The Bertz CT molecular complexity index is 2130. The van der Waals surface area contributed by atoms with E-state index >= 15 is 0 Å². The van der Waals surface area contributed by atoms with Crippen LogP contribution in [0.1, 0.15) is 72.1 Å². The van der Waals surface area contributed by atoms with Crippen LogP contribution in [0.4, 0.5) is 0 Å². The molecule has 0 spiro atoms. The molecule has 4 aromatic carbocycles. The monoisotopic (exact) mass is 782 g/mol. The summed E-state index contributed by atoms with van der Waals surface area (Å²) in [4.78, 5) is 0.926. The first-order chi connectivity index (χ1) is 26.1. The molecule has 0 amide bonds. The van der Waals surface area contributed by atoms with Gasteiger partial charge in [-0.1, -0.05) is 134 Å². The maximum absolute atomic E-state index is 13.0. The van der Waals surface area contributed by atoms with Crippen LogP contribution in [0.2, 0.25) is 0 Å². The average molecular weight is 783 g/mol. The van der Waals surface area contributed by atoms with Gasteiger partial charge in [0, 0.05) is 5.41 Å². The maximum atomic E-state index is 13.0. The van der Waals surface area contributed by atoms with Gasteiger partial charge in [0.1, 0.15) is 17.2 Å². The fourth-order valence-electron chi connectivity index (χ4n) is 4.91. The average Bonchev–Trinajstić information content (AvgIpc) is 3.20. The topological polar surface area (TPSA) is 86.7 Å². The third-order valence-corrected chi connectivity index (χ3v) is 12.0. The molecule has 0 radical (unpaired) electrons. The van der Waals surface area contributed by atoms with Crippen LogP contribution in [0.25, 0.3) is 0 Å². The summed E-state index contributed by atoms with van der Waals surface area (Å²) >= 11 is 0. The number of benzene rings is 4. The minimum absolute atomic E-state index is 0.188.